The largest absolute Gasteiger partial charge is 0.383 e. The summed E-state index contributed by atoms with van der Waals surface area (Å²) in [6.45, 7) is 1.49. The predicted octanol–water partition coefficient (Wildman–Crippen LogP) is 2.50. The number of methoxy groups -OCH3 is 1. The molecule has 1 aromatic carbocycles. The second-order valence-corrected chi connectivity index (χ2v) is 5.34. The molecule has 20 heavy (non-hydrogen) atoms. The van der Waals surface area contributed by atoms with Crippen LogP contribution in [0.5, 0.6) is 0 Å². The Morgan fingerprint density at radius 2 is 2.20 bits per heavy atom. The number of hydrogen-bond acceptors (Lipinski definition) is 3. The summed E-state index contributed by atoms with van der Waals surface area (Å²) in [5, 5.41) is 7.93. The maximum atomic E-state index is 5.06. The molecule has 1 heterocycles. The molecule has 1 aromatic heterocycles. The van der Waals surface area contributed by atoms with Gasteiger partial charge in [-0.1, -0.05) is 24.3 Å². The Bertz CT molecular complexity index is 564. The van der Waals surface area contributed by atoms with Gasteiger partial charge >= 0.3 is 0 Å². The fraction of sp³-hybridized carbons (Fsp3) is 0.438. The topological polar surface area (TPSA) is 39.1 Å². The second kappa shape index (κ2) is 6.09. The molecule has 1 unspecified atom stereocenters. The molecule has 1 atom stereocenters. The van der Waals surface area contributed by atoms with E-state index in [2.05, 4.69) is 40.9 Å². The zero-order valence-corrected chi connectivity index (χ0v) is 11.9. The van der Waals surface area contributed by atoms with E-state index in [4.69, 9.17) is 4.74 Å². The van der Waals surface area contributed by atoms with Gasteiger partial charge < -0.3 is 10.1 Å². The molecule has 0 bridgehead atoms. The molecule has 106 valence electrons. The van der Waals surface area contributed by atoms with Gasteiger partial charge in [-0.25, -0.2) is 0 Å². The standard InChI is InChI=1S/C16H21N3O/c1-20-9-8-19-12-16(11-17-19)18-15-7-6-13-4-2-3-5-14(13)10-15/h2-5,11-12,15,18H,6-10H2,1H3. The Kier molecular flexibility index (Phi) is 4.02. The molecule has 0 radical (unpaired) electrons. The number of rotatable bonds is 5. The number of hydrogen-bond donors (Lipinski definition) is 1. The van der Waals surface area contributed by atoms with Gasteiger partial charge in [0.1, 0.15) is 0 Å². The fourth-order valence-corrected chi connectivity index (χ4v) is 2.80. The van der Waals surface area contributed by atoms with Gasteiger partial charge in [0.2, 0.25) is 0 Å². The van der Waals surface area contributed by atoms with Gasteiger partial charge in [0.15, 0.2) is 0 Å². The molecule has 1 aliphatic carbocycles. The highest BCUT2D eigenvalue weighted by atomic mass is 16.5. The number of fused-ring (bicyclic) bond motifs is 1. The number of aryl methyl sites for hydroxylation is 1. The third-order valence-corrected chi connectivity index (χ3v) is 3.88. The fourth-order valence-electron chi connectivity index (χ4n) is 2.80. The second-order valence-electron chi connectivity index (χ2n) is 5.34. The number of nitrogens with zero attached hydrogens (tertiary/aromatic N) is 2. The minimum Gasteiger partial charge on any atom is -0.383 e. The lowest BCUT2D eigenvalue weighted by molar-refractivity contribution is 0.183. The van der Waals surface area contributed by atoms with Crippen molar-refractivity contribution in [2.24, 2.45) is 0 Å². The molecule has 0 amide bonds. The summed E-state index contributed by atoms with van der Waals surface area (Å²) in [4.78, 5) is 0. The summed E-state index contributed by atoms with van der Waals surface area (Å²) in [6.07, 6.45) is 7.39. The number of aromatic nitrogens is 2. The van der Waals surface area contributed by atoms with E-state index in [0.717, 1.165) is 25.1 Å². The van der Waals surface area contributed by atoms with Crippen molar-refractivity contribution in [2.45, 2.75) is 31.8 Å². The van der Waals surface area contributed by atoms with Crippen LogP contribution in [0.2, 0.25) is 0 Å². The first-order valence-electron chi connectivity index (χ1n) is 7.20. The first kappa shape index (κ1) is 13.2. The van der Waals surface area contributed by atoms with E-state index < -0.39 is 0 Å². The lowest BCUT2D eigenvalue weighted by atomic mass is 9.88. The first-order valence-corrected chi connectivity index (χ1v) is 7.20. The van der Waals surface area contributed by atoms with Crippen molar-refractivity contribution in [3.05, 3.63) is 47.8 Å². The van der Waals surface area contributed by atoms with Gasteiger partial charge in [-0.15, -0.1) is 0 Å². The Balaban J connectivity index is 1.60. The van der Waals surface area contributed by atoms with Crippen molar-refractivity contribution in [1.82, 2.24) is 9.78 Å². The molecule has 0 saturated carbocycles. The molecular weight excluding hydrogens is 250 g/mol. The summed E-state index contributed by atoms with van der Waals surface area (Å²) in [7, 11) is 1.71. The highest BCUT2D eigenvalue weighted by Gasteiger charge is 2.18. The van der Waals surface area contributed by atoms with Crippen molar-refractivity contribution in [2.75, 3.05) is 19.0 Å². The van der Waals surface area contributed by atoms with Gasteiger partial charge in [-0.3, -0.25) is 4.68 Å². The number of anilines is 1. The van der Waals surface area contributed by atoms with E-state index in [0.29, 0.717) is 12.6 Å². The van der Waals surface area contributed by atoms with Crippen LogP contribution in [-0.2, 0) is 24.1 Å². The van der Waals surface area contributed by atoms with Crippen LogP contribution >= 0.6 is 0 Å². The number of ether oxygens (including phenoxy) is 1. The van der Waals surface area contributed by atoms with Crippen LogP contribution in [0.4, 0.5) is 5.69 Å². The van der Waals surface area contributed by atoms with Crippen LogP contribution < -0.4 is 5.32 Å². The van der Waals surface area contributed by atoms with Crippen molar-refractivity contribution in [3.63, 3.8) is 0 Å². The van der Waals surface area contributed by atoms with Crippen molar-refractivity contribution < 1.29 is 4.74 Å². The Morgan fingerprint density at radius 1 is 1.35 bits per heavy atom. The lowest BCUT2D eigenvalue weighted by Crippen LogP contribution is -2.27. The minimum atomic E-state index is 0.505. The highest BCUT2D eigenvalue weighted by molar-refractivity contribution is 5.41. The van der Waals surface area contributed by atoms with Gasteiger partial charge in [-0.05, 0) is 30.4 Å². The normalized spacial score (nSPS) is 17.8. The molecule has 2 aromatic rings. The Morgan fingerprint density at radius 3 is 3.05 bits per heavy atom. The summed E-state index contributed by atoms with van der Waals surface area (Å²) >= 11 is 0. The zero-order valence-electron chi connectivity index (χ0n) is 11.9. The molecule has 3 rings (SSSR count). The molecule has 1 N–H and O–H groups in total. The van der Waals surface area contributed by atoms with Crippen LogP contribution in [0.15, 0.2) is 36.7 Å². The molecule has 0 fully saturated rings. The third-order valence-electron chi connectivity index (χ3n) is 3.88. The van der Waals surface area contributed by atoms with Crippen LogP contribution in [0.1, 0.15) is 17.5 Å². The molecule has 4 nitrogen and oxygen atoms in total. The van der Waals surface area contributed by atoms with Crippen LogP contribution in [0, 0.1) is 0 Å². The number of benzene rings is 1. The van der Waals surface area contributed by atoms with Crippen molar-refractivity contribution >= 4 is 5.69 Å². The summed E-state index contributed by atoms with van der Waals surface area (Å²) in [6, 6.07) is 9.25. The van der Waals surface area contributed by atoms with Crippen molar-refractivity contribution in [3.8, 4) is 0 Å². The van der Waals surface area contributed by atoms with E-state index in [9.17, 15) is 0 Å². The van der Waals surface area contributed by atoms with E-state index in [-0.39, 0.29) is 0 Å². The molecule has 0 saturated heterocycles. The lowest BCUT2D eigenvalue weighted by Gasteiger charge is -2.25. The third kappa shape index (κ3) is 3.02. The summed E-state index contributed by atoms with van der Waals surface area (Å²) < 4.78 is 6.98. The van der Waals surface area contributed by atoms with Crippen LogP contribution in [-0.4, -0.2) is 29.5 Å². The average Bonchev–Trinajstić information content (AvgIpc) is 2.92. The smallest absolute Gasteiger partial charge is 0.0728 e. The maximum absolute atomic E-state index is 5.06. The molecular formula is C16H21N3O. The van der Waals surface area contributed by atoms with E-state index in [1.165, 1.54) is 17.5 Å². The van der Waals surface area contributed by atoms with Crippen molar-refractivity contribution in [1.29, 1.82) is 0 Å². The predicted molar refractivity (Wildman–Crippen MR) is 80.0 cm³/mol. The minimum absolute atomic E-state index is 0.505. The number of nitrogens with one attached hydrogen (secondary N) is 1. The average molecular weight is 271 g/mol. The van der Waals surface area contributed by atoms with Crippen LogP contribution in [0.25, 0.3) is 0 Å². The van der Waals surface area contributed by atoms with Gasteiger partial charge in [0, 0.05) is 19.3 Å². The van der Waals surface area contributed by atoms with Gasteiger partial charge in [0.25, 0.3) is 0 Å². The zero-order chi connectivity index (χ0) is 13.8. The first-order chi connectivity index (χ1) is 9.85. The molecule has 0 aliphatic heterocycles. The van der Waals surface area contributed by atoms with Gasteiger partial charge in [0.05, 0.1) is 25.0 Å². The molecule has 1 aliphatic rings. The van der Waals surface area contributed by atoms with E-state index in [1.54, 1.807) is 7.11 Å². The summed E-state index contributed by atoms with van der Waals surface area (Å²) in [5.41, 5.74) is 4.08. The van der Waals surface area contributed by atoms with E-state index >= 15 is 0 Å². The monoisotopic (exact) mass is 271 g/mol. The Labute approximate surface area is 119 Å². The van der Waals surface area contributed by atoms with Gasteiger partial charge in [-0.2, -0.15) is 5.10 Å². The highest BCUT2D eigenvalue weighted by Crippen LogP contribution is 2.23. The summed E-state index contributed by atoms with van der Waals surface area (Å²) in [5.74, 6) is 0. The van der Waals surface area contributed by atoms with E-state index in [1.807, 2.05) is 10.9 Å². The Hall–Kier alpha value is -1.81. The quantitative estimate of drug-likeness (QED) is 0.908. The molecule has 4 heteroatoms. The maximum Gasteiger partial charge on any atom is 0.0728 e. The SMILES string of the molecule is COCCn1cc(NC2CCc3ccccc3C2)cn1. The molecule has 0 spiro atoms. The van der Waals surface area contributed by atoms with Crippen LogP contribution in [0.3, 0.4) is 0 Å².